The summed E-state index contributed by atoms with van der Waals surface area (Å²) in [7, 11) is -3.79. The van der Waals surface area contributed by atoms with Gasteiger partial charge in [-0.2, -0.15) is 8.42 Å². The van der Waals surface area contributed by atoms with Crippen LogP contribution in [0.5, 0.6) is 0 Å². The molecule has 2 atom stereocenters. The van der Waals surface area contributed by atoms with Crippen LogP contribution in [0.15, 0.2) is 29.2 Å². The van der Waals surface area contributed by atoms with Crippen molar-refractivity contribution in [2.24, 2.45) is 5.92 Å². The van der Waals surface area contributed by atoms with Crippen molar-refractivity contribution in [1.29, 1.82) is 0 Å². The highest BCUT2D eigenvalue weighted by atomic mass is 32.2. The van der Waals surface area contributed by atoms with E-state index in [4.69, 9.17) is 13.7 Å². The first-order valence-electron chi connectivity index (χ1n) is 7.91. The maximum absolute atomic E-state index is 12.3. The second-order valence-corrected chi connectivity index (χ2v) is 8.51. The summed E-state index contributed by atoms with van der Waals surface area (Å²) in [5.74, 6) is -0.296. The molecule has 0 N–H and O–H groups in total. The maximum atomic E-state index is 12.3. The molecule has 5 nitrogen and oxygen atoms in total. The predicted molar refractivity (Wildman–Crippen MR) is 87.6 cm³/mol. The van der Waals surface area contributed by atoms with Gasteiger partial charge in [-0.05, 0) is 45.2 Å². The Hall–Kier alpha value is -0.950. The number of rotatable bonds is 6. The predicted octanol–water partition coefficient (Wildman–Crippen LogP) is 3.27. The molecule has 0 bridgehead atoms. The molecule has 0 spiro atoms. The summed E-state index contributed by atoms with van der Waals surface area (Å²) >= 11 is 0. The zero-order valence-electron chi connectivity index (χ0n) is 14.4. The van der Waals surface area contributed by atoms with Crippen molar-refractivity contribution in [1.82, 2.24) is 0 Å². The summed E-state index contributed by atoms with van der Waals surface area (Å²) < 4.78 is 41.4. The zero-order chi connectivity index (χ0) is 17.3. The molecule has 1 aromatic carbocycles. The molecule has 0 saturated carbocycles. The molecule has 1 fully saturated rings. The Bertz CT molecular complexity index is 619. The average Bonchev–Trinajstić information content (AvgIpc) is 2.70. The largest absolute Gasteiger partial charge is 0.344 e. The van der Waals surface area contributed by atoms with Crippen LogP contribution in [0.2, 0.25) is 0 Å². The minimum Gasteiger partial charge on any atom is -0.344 e. The Balaban J connectivity index is 2.04. The van der Waals surface area contributed by atoms with Gasteiger partial charge in [0.05, 0.1) is 17.6 Å². The first-order valence-corrected chi connectivity index (χ1v) is 9.31. The van der Waals surface area contributed by atoms with Gasteiger partial charge in [-0.1, -0.05) is 31.5 Å². The Kier molecular flexibility index (Phi) is 5.51. The summed E-state index contributed by atoms with van der Waals surface area (Å²) in [5.41, 5.74) is 0.996. The highest BCUT2D eigenvalue weighted by Crippen LogP contribution is 2.32. The Morgan fingerprint density at radius 2 is 1.70 bits per heavy atom. The van der Waals surface area contributed by atoms with Crippen molar-refractivity contribution >= 4 is 10.1 Å². The minimum atomic E-state index is -3.79. The first kappa shape index (κ1) is 18.4. The van der Waals surface area contributed by atoms with Gasteiger partial charge in [-0.3, -0.25) is 4.18 Å². The van der Waals surface area contributed by atoms with Gasteiger partial charge in [0, 0.05) is 0 Å². The lowest BCUT2D eigenvalue weighted by atomic mass is 10.0. The van der Waals surface area contributed by atoms with Crippen molar-refractivity contribution in [2.45, 2.75) is 63.9 Å². The highest BCUT2D eigenvalue weighted by Gasteiger charge is 2.42. The molecule has 1 aliphatic heterocycles. The second kappa shape index (κ2) is 6.89. The average molecular weight is 342 g/mol. The minimum absolute atomic E-state index is 0.0446. The fraction of sp³-hybridized carbons (Fsp3) is 0.647. The Morgan fingerprint density at radius 3 is 2.26 bits per heavy atom. The molecule has 0 aliphatic carbocycles. The molecule has 6 heteroatoms. The summed E-state index contributed by atoms with van der Waals surface area (Å²) in [6.07, 6.45) is 0.230. The van der Waals surface area contributed by atoms with Crippen molar-refractivity contribution in [3.63, 3.8) is 0 Å². The first-order chi connectivity index (χ1) is 10.6. The Labute approximate surface area is 139 Å². The summed E-state index contributed by atoms with van der Waals surface area (Å²) in [5, 5.41) is 0. The molecule has 0 radical (unpaired) electrons. The van der Waals surface area contributed by atoms with Crippen LogP contribution in [-0.4, -0.2) is 33.0 Å². The van der Waals surface area contributed by atoms with E-state index in [1.807, 2.05) is 20.8 Å². The van der Waals surface area contributed by atoms with Crippen molar-refractivity contribution in [2.75, 3.05) is 6.61 Å². The van der Waals surface area contributed by atoms with Crippen LogP contribution in [0, 0.1) is 12.8 Å². The van der Waals surface area contributed by atoms with E-state index in [2.05, 4.69) is 13.8 Å². The van der Waals surface area contributed by atoms with E-state index in [1.54, 1.807) is 24.3 Å². The van der Waals surface area contributed by atoms with Crippen LogP contribution >= 0.6 is 0 Å². The molecule has 0 amide bonds. The normalized spacial score (nSPS) is 24.3. The van der Waals surface area contributed by atoms with Crippen LogP contribution < -0.4 is 0 Å². The van der Waals surface area contributed by atoms with E-state index in [0.717, 1.165) is 12.0 Å². The van der Waals surface area contributed by atoms with Crippen LogP contribution in [0.3, 0.4) is 0 Å². The number of aryl methyl sites for hydroxylation is 1. The molecule has 130 valence electrons. The molecular weight excluding hydrogens is 316 g/mol. The van der Waals surface area contributed by atoms with E-state index in [0.29, 0.717) is 5.92 Å². The third-order valence-corrected chi connectivity index (χ3v) is 4.98. The van der Waals surface area contributed by atoms with Crippen molar-refractivity contribution in [3.8, 4) is 0 Å². The second-order valence-electron chi connectivity index (χ2n) is 6.89. The number of hydrogen-bond acceptors (Lipinski definition) is 5. The third-order valence-electron chi connectivity index (χ3n) is 3.69. The number of hydrogen-bond donors (Lipinski definition) is 0. The molecule has 0 aromatic heterocycles. The molecule has 1 aliphatic rings. The molecule has 0 unspecified atom stereocenters. The molecule has 1 heterocycles. The van der Waals surface area contributed by atoms with Crippen LogP contribution in [0.4, 0.5) is 0 Å². The van der Waals surface area contributed by atoms with Gasteiger partial charge in [-0.25, -0.2) is 0 Å². The van der Waals surface area contributed by atoms with Gasteiger partial charge in [0.25, 0.3) is 10.1 Å². The molecule has 1 saturated heterocycles. The van der Waals surface area contributed by atoms with Crippen molar-refractivity contribution < 1.29 is 22.1 Å². The molecule has 23 heavy (non-hydrogen) atoms. The monoisotopic (exact) mass is 342 g/mol. The Morgan fingerprint density at radius 1 is 1.13 bits per heavy atom. The fourth-order valence-electron chi connectivity index (χ4n) is 2.64. The quantitative estimate of drug-likeness (QED) is 0.743. The third kappa shape index (κ3) is 5.01. The van der Waals surface area contributed by atoms with E-state index in [9.17, 15) is 8.42 Å². The molecule has 1 aromatic rings. The van der Waals surface area contributed by atoms with Crippen molar-refractivity contribution in [3.05, 3.63) is 29.8 Å². The lowest BCUT2D eigenvalue weighted by molar-refractivity contribution is -0.149. The topological polar surface area (TPSA) is 61.8 Å². The number of ether oxygens (including phenoxy) is 2. The van der Waals surface area contributed by atoms with Gasteiger partial charge < -0.3 is 9.47 Å². The fourth-order valence-corrected chi connectivity index (χ4v) is 3.56. The van der Waals surface area contributed by atoms with Gasteiger partial charge in [0.15, 0.2) is 5.79 Å². The summed E-state index contributed by atoms with van der Waals surface area (Å²) in [6, 6.07) is 6.59. The lowest BCUT2D eigenvalue weighted by Gasteiger charge is -2.18. The van der Waals surface area contributed by atoms with Crippen LogP contribution in [-0.2, 0) is 23.8 Å². The van der Waals surface area contributed by atoms with Crippen LogP contribution in [0.1, 0.15) is 39.7 Å². The van der Waals surface area contributed by atoms with E-state index >= 15 is 0 Å². The highest BCUT2D eigenvalue weighted by molar-refractivity contribution is 7.86. The molecular formula is C17H26O5S. The summed E-state index contributed by atoms with van der Waals surface area (Å²) in [6.45, 7) is 9.70. The van der Waals surface area contributed by atoms with Gasteiger partial charge in [0.2, 0.25) is 0 Å². The van der Waals surface area contributed by atoms with Gasteiger partial charge in [0.1, 0.15) is 6.10 Å². The smallest absolute Gasteiger partial charge is 0.297 e. The molecule has 2 rings (SSSR count). The lowest BCUT2D eigenvalue weighted by Crippen LogP contribution is -2.30. The van der Waals surface area contributed by atoms with E-state index in [1.165, 1.54) is 0 Å². The standard InChI is InChI=1S/C17H26O5S/c1-12(2)10-15-16(22-17(4,5)21-15)11-20-23(18,19)14-8-6-13(3)7-9-14/h6-9,12,15-16H,10-11H2,1-5H3/t15-,16-/m0/s1. The number of benzene rings is 1. The maximum Gasteiger partial charge on any atom is 0.297 e. The van der Waals surface area contributed by atoms with E-state index < -0.39 is 22.0 Å². The zero-order valence-corrected chi connectivity index (χ0v) is 15.2. The van der Waals surface area contributed by atoms with Gasteiger partial charge in [-0.15, -0.1) is 0 Å². The summed E-state index contributed by atoms with van der Waals surface area (Å²) in [4.78, 5) is 0.154. The van der Waals surface area contributed by atoms with Gasteiger partial charge >= 0.3 is 0 Å². The van der Waals surface area contributed by atoms with Crippen LogP contribution in [0.25, 0.3) is 0 Å². The SMILES string of the molecule is Cc1ccc(S(=O)(=O)OC[C@@H]2OC(C)(C)O[C@H]2CC(C)C)cc1. The van der Waals surface area contributed by atoms with E-state index in [-0.39, 0.29) is 17.6 Å².